The van der Waals surface area contributed by atoms with Crippen molar-refractivity contribution in [1.82, 2.24) is 0 Å². The van der Waals surface area contributed by atoms with Gasteiger partial charge >= 0.3 is 6.92 Å². The molecule has 0 heterocycles. The lowest BCUT2D eigenvalue weighted by atomic mass is 10.3. The van der Waals surface area contributed by atoms with Gasteiger partial charge in [0.15, 0.2) is 0 Å². The molecule has 0 fully saturated rings. The molecule has 2 heteroatoms. The molecule has 42 valence electrons. The van der Waals surface area contributed by atoms with Crippen molar-refractivity contribution < 1.29 is 0 Å². The standard InChI is InChI=1S/C6H5Br2/c1-4(5(2)7)6(3)8/h2H2,1H3/q+1/b6-4+. The summed E-state index contributed by atoms with van der Waals surface area (Å²) in [6, 6.07) is 0. The number of allylic oxidation sites excluding steroid dienone is 3. The minimum atomic E-state index is 0.374. The van der Waals surface area contributed by atoms with Gasteiger partial charge in [-0.2, -0.15) is 0 Å². The lowest BCUT2D eigenvalue weighted by Crippen LogP contribution is -1.73. The third kappa shape index (κ3) is 2.58. The van der Waals surface area contributed by atoms with Crippen LogP contribution in [-0.4, -0.2) is 0 Å². The lowest BCUT2D eigenvalue weighted by molar-refractivity contribution is 1.51. The van der Waals surface area contributed by atoms with E-state index in [1.807, 2.05) is 6.92 Å². The van der Waals surface area contributed by atoms with Crippen LogP contribution in [0.15, 0.2) is 21.1 Å². The highest BCUT2D eigenvalue weighted by Gasteiger charge is 2.07. The van der Waals surface area contributed by atoms with Gasteiger partial charge in [-0.25, -0.2) is 0 Å². The molecule has 0 aliphatic carbocycles. The Kier molecular flexibility index (Phi) is 3.49. The van der Waals surface area contributed by atoms with Crippen molar-refractivity contribution in [3.8, 4) is 0 Å². The molecule has 0 bridgehead atoms. The lowest BCUT2D eigenvalue weighted by Gasteiger charge is -1.82. The Morgan fingerprint density at radius 2 is 1.88 bits per heavy atom. The average Bonchev–Trinajstić information content (AvgIpc) is 1.64. The van der Waals surface area contributed by atoms with Gasteiger partial charge in [-0.1, -0.05) is 6.58 Å². The summed E-state index contributed by atoms with van der Waals surface area (Å²) in [6.07, 6.45) is 0. The predicted molar refractivity (Wildman–Crippen MR) is 42.9 cm³/mol. The zero-order valence-corrected chi connectivity index (χ0v) is 7.64. The first-order valence-electron chi connectivity index (χ1n) is 1.98. The summed E-state index contributed by atoms with van der Waals surface area (Å²) >= 11 is 6.13. The van der Waals surface area contributed by atoms with Gasteiger partial charge in [0, 0.05) is 22.9 Å². The van der Waals surface area contributed by atoms with Crippen LogP contribution in [0.2, 0.25) is 0 Å². The van der Waals surface area contributed by atoms with Crippen LogP contribution in [0.1, 0.15) is 6.92 Å². The topological polar surface area (TPSA) is 0 Å². The Morgan fingerprint density at radius 3 is 1.88 bits per heavy atom. The van der Waals surface area contributed by atoms with Crippen LogP contribution in [0.4, 0.5) is 0 Å². The maximum Gasteiger partial charge on any atom is 0.347 e. The minimum absolute atomic E-state index is 0.374. The molecule has 0 aromatic carbocycles. The highest BCUT2D eigenvalue weighted by Crippen LogP contribution is 2.20. The van der Waals surface area contributed by atoms with Crippen molar-refractivity contribution in [3.05, 3.63) is 28.0 Å². The Labute approximate surface area is 66.9 Å². The molecule has 0 atom stereocenters. The quantitative estimate of drug-likeness (QED) is 0.485. The molecule has 0 aliphatic rings. The van der Waals surface area contributed by atoms with Gasteiger partial charge in [-0.05, 0) is 15.9 Å². The van der Waals surface area contributed by atoms with Crippen LogP contribution in [0, 0.1) is 6.92 Å². The molecule has 0 spiro atoms. The Balaban J connectivity index is 4.23. The van der Waals surface area contributed by atoms with Gasteiger partial charge in [0.25, 0.3) is 0 Å². The van der Waals surface area contributed by atoms with Gasteiger partial charge in [0.1, 0.15) is 5.57 Å². The summed E-state index contributed by atoms with van der Waals surface area (Å²) < 4.78 is 1.12. The van der Waals surface area contributed by atoms with Crippen LogP contribution < -0.4 is 0 Å². The van der Waals surface area contributed by atoms with Crippen molar-refractivity contribution in [1.29, 1.82) is 0 Å². The van der Waals surface area contributed by atoms with Crippen LogP contribution in [0.3, 0.4) is 0 Å². The zero-order chi connectivity index (χ0) is 6.73. The minimum Gasteiger partial charge on any atom is -0.0637 e. The number of hydrogen-bond donors (Lipinski definition) is 0. The second kappa shape index (κ2) is 3.36. The zero-order valence-electron chi connectivity index (χ0n) is 4.46. The van der Waals surface area contributed by atoms with Crippen LogP contribution in [-0.2, 0) is 0 Å². The molecule has 0 amide bonds. The van der Waals surface area contributed by atoms with E-state index in [9.17, 15) is 0 Å². The smallest absolute Gasteiger partial charge is 0.0637 e. The third-order valence-corrected chi connectivity index (χ3v) is 1.93. The summed E-state index contributed by atoms with van der Waals surface area (Å²) in [6.45, 7) is 12.4. The fourth-order valence-corrected chi connectivity index (χ4v) is 0.823. The van der Waals surface area contributed by atoms with Crippen molar-refractivity contribution in [2.75, 3.05) is 0 Å². The highest BCUT2D eigenvalue weighted by atomic mass is 79.9. The van der Waals surface area contributed by atoms with E-state index in [-0.39, 0.29) is 0 Å². The van der Waals surface area contributed by atoms with Crippen LogP contribution in [0.25, 0.3) is 0 Å². The molecular formula is C6H5Br2+. The second-order valence-electron chi connectivity index (χ2n) is 1.34. The van der Waals surface area contributed by atoms with E-state index in [4.69, 9.17) is 6.92 Å². The molecule has 0 N–H and O–H groups in total. The number of rotatable bonds is 1. The number of halogens is 2. The summed E-state index contributed by atoms with van der Waals surface area (Å²) in [7, 11) is 0. The maximum atomic E-state index is 7.02. The Morgan fingerprint density at radius 1 is 1.50 bits per heavy atom. The summed E-state index contributed by atoms with van der Waals surface area (Å²) in [5.74, 6) is 0. The largest absolute Gasteiger partial charge is 0.347 e. The molecule has 0 saturated heterocycles. The number of hydrogen-bond acceptors (Lipinski definition) is 0. The van der Waals surface area contributed by atoms with Gasteiger partial charge in [-0.3, -0.25) is 0 Å². The van der Waals surface area contributed by atoms with E-state index in [0.29, 0.717) is 4.48 Å². The third-order valence-electron chi connectivity index (χ3n) is 0.736. The van der Waals surface area contributed by atoms with E-state index in [0.717, 1.165) is 10.1 Å². The SMILES string of the molecule is [C+]/C(Br)=C(/C)C(=C)Br. The fraction of sp³-hybridized carbons (Fsp3) is 0.167. The van der Waals surface area contributed by atoms with E-state index >= 15 is 0 Å². The Bertz CT molecular complexity index is 129. The molecule has 0 aromatic heterocycles. The first kappa shape index (κ1) is 8.31. The summed E-state index contributed by atoms with van der Waals surface area (Å²) in [5, 5.41) is 0. The normalized spacial score (nSPS) is 12.9. The first-order chi connectivity index (χ1) is 3.55. The second-order valence-corrected chi connectivity index (χ2v) is 3.09. The summed E-state index contributed by atoms with van der Waals surface area (Å²) in [4.78, 5) is 0. The van der Waals surface area contributed by atoms with E-state index in [1.165, 1.54) is 0 Å². The molecule has 0 rings (SSSR count). The van der Waals surface area contributed by atoms with Crippen LogP contribution in [0.5, 0.6) is 0 Å². The monoisotopic (exact) mass is 235 g/mol. The van der Waals surface area contributed by atoms with Crippen molar-refractivity contribution in [2.24, 2.45) is 0 Å². The van der Waals surface area contributed by atoms with E-state index < -0.39 is 0 Å². The molecule has 0 aromatic rings. The molecule has 0 nitrogen and oxygen atoms in total. The molecule has 2 radical (unpaired) electrons. The summed E-state index contributed by atoms with van der Waals surface area (Å²) in [5.41, 5.74) is 0.824. The van der Waals surface area contributed by atoms with Crippen molar-refractivity contribution in [2.45, 2.75) is 6.92 Å². The predicted octanol–water partition coefficient (Wildman–Crippen LogP) is 3.15. The molecule has 8 heavy (non-hydrogen) atoms. The van der Waals surface area contributed by atoms with Gasteiger partial charge in [-0.15, -0.1) is 0 Å². The molecule has 0 unspecified atom stereocenters. The molecule has 0 aliphatic heterocycles. The van der Waals surface area contributed by atoms with Crippen LogP contribution >= 0.6 is 31.9 Å². The molecule has 0 saturated carbocycles. The maximum absolute atomic E-state index is 7.02. The fourth-order valence-electron chi connectivity index (χ4n) is 0.119. The van der Waals surface area contributed by atoms with Crippen molar-refractivity contribution in [3.63, 3.8) is 0 Å². The van der Waals surface area contributed by atoms with Gasteiger partial charge < -0.3 is 0 Å². The van der Waals surface area contributed by atoms with Gasteiger partial charge in [0.2, 0.25) is 4.48 Å². The van der Waals surface area contributed by atoms with Gasteiger partial charge in [0.05, 0.1) is 4.48 Å². The average molecular weight is 237 g/mol. The first-order valence-corrected chi connectivity index (χ1v) is 3.57. The highest BCUT2D eigenvalue weighted by molar-refractivity contribution is 9.12. The van der Waals surface area contributed by atoms with E-state index in [1.54, 1.807) is 0 Å². The van der Waals surface area contributed by atoms with E-state index in [2.05, 4.69) is 38.4 Å². The van der Waals surface area contributed by atoms with Crippen molar-refractivity contribution >= 4 is 31.9 Å². The molecular weight excluding hydrogens is 232 g/mol. The Hall–Kier alpha value is 0.310.